The molecule has 0 unspecified atom stereocenters. The topological polar surface area (TPSA) is 49.8 Å². The molecule has 1 aliphatic rings. The average Bonchev–Trinajstić information content (AvgIpc) is 2.41. The quantitative estimate of drug-likeness (QED) is 0.852. The van der Waals surface area contributed by atoms with E-state index in [-0.39, 0.29) is 6.42 Å². The summed E-state index contributed by atoms with van der Waals surface area (Å²) in [4.78, 5) is 13.0. The summed E-state index contributed by atoms with van der Waals surface area (Å²) in [6.45, 7) is 4.50. The molecule has 1 fully saturated rings. The highest BCUT2D eigenvalue weighted by molar-refractivity contribution is 5.66. The number of ether oxygens (including phenoxy) is 1. The Morgan fingerprint density at radius 1 is 1.21 bits per heavy atom. The van der Waals surface area contributed by atoms with Gasteiger partial charge in [-0.05, 0) is 24.0 Å². The summed E-state index contributed by atoms with van der Waals surface area (Å²) in [7, 11) is 0. The maximum atomic E-state index is 10.6. The Balaban J connectivity index is 1.93. The molecule has 0 radical (unpaired) electrons. The molecule has 1 saturated heterocycles. The predicted molar refractivity (Wildman–Crippen MR) is 73.1 cm³/mol. The molecule has 0 saturated carbocycles. The lowest BCUT2D eigenvalue weighted by Crippen LogP contribution is -2.35. The van der Waals surface area contributed by atoms with Crippen LogP contribution < -0.4 is 0 Å². The Bertz CT molecular complexity index is 414. The summed E-state index contributed by atoms with van der Waals surface area (Å²) >= 11 is 0. The molecule has 4 heteroatoms. The Morgan fingerprint density at radius 3 is 2.58 bits per heavy atom. The van der Waals surface area contributed by atoms with E-state index in [1.54, 1.807) is 0 Å². The molecule has 4 nitrogen and oxygen atoms in total. The third kappa shape index (κ3) is 4.65. The first-order valence-electron chi connectivity index (χ1n) is 6.84. The average molecular weight is 263 g/mol. The zero-order valence-electron chi connectivity index (χ0n) is 11.2. The van der Waals surface area contributed by atoms with Crippen LogP contribution in [0.5, 0.6) is 0 Å². The Morgan fingerprint density at radius 2 is 1.89 bits per heavy atom. The molecule has 0 aromatic heterocycles. The fraction of sp³-hybridized carbons (Fsp3) is 0.533. The van der Waals surface area contributed by atoms with Crippen LogP contribution in [0.25, 0.3) is 0 Å². The maximum absolute atomic E-state index is 10.6. The number of benzene rings is 1. The maximum Gasteiger partial charge on any atom is 0.303 e. The van der Waals surface area contributed by atoms with Gasteiger partial charge in [-0.1, -0.05) is 24.3 Å². The molecule has 0 bridgehead atoms. The second-order valence-corrected chi connectivity index (χ2v) is 4.90. The number of carbonyl (C=O) groups is 1. The summed E-state index contributed by atoms with van der Waals surface area (Å²) in [5.74, 6) is -0.717. The molecule has 1 aromatic rings. The fourth-order valence-corrected chi connectivity index (χ4v) is 2.39. The normalized spacial score (nSPS) is 16.4. The molecule has 104 valence electrons. The van der Waals surface area contributed by atoms with Gasteiger partial charge in [-0.2, -0.15) is 0 Å². The number of hydrogen-bond donors (Lipinski definition) is 1. The van der Waals surface area contributed by atoms with E-state index in [9.17, 15) is 4.79 Å². The van der Waals surface area contributed by atoms with E-state index in [0.29, 0.717) is 6.42 Å². The van der Waals surface area contributed by atoms with Gasteiger partial charge in [-0.25, -0.2) is 0 Å². The minimum absolute atomic E-state index is 0.242. The Hall–Kier alpha value is -1.39. The number of carboxylic acids is 1. The summed E-state index contributed by atoms with van der Waals surface area (Å²) in [6, 6.07) is 8.33. The summed E-state index contributed by atoms with van der Waals surface area (Å²) in [6.07, 6.45) is 1.79. The van der Waals surface area contributed by atoms with Crippen molar-refractivity contribution in [3.05, 3.63) is 35.4 Å². The molecule has 0 aliphatic carbocycles. The highest BCUT2D eigenvalue weighted by Crippen LogP contribution is 2.15. The van der Waals surface area contributed by atoms with Gasteiger partial charge in [-0.3, -0.25) is 9.69 Å². The van der Waals surface area contributed by atoms with Crippen molar-refractivity contribution in [2.45, 2.75) is 25.8 Å². The van der Waals surface area contributed by atoms with Gasteiger partial charge >= 0.3 is 5.97 Å². The zero-order chi connectivity index (χ0) is 13.5. The van der Waals surface area contributed by atoms with Crippen molar-refractivity contribution < 1.29 is 14.6 Å². The lowest BCUT2D eigenvalue weighted by molar-refractivity contribution is -0.137. The monoisotopic (exact) mass is 263 g/mol. The third-order valence-corrected chi connectivity index (χ3v) is 3.45. The smallest absolute Gasteiger partial charge is 0.303 e. The minimum Gasteiger partial charge on any atom is -0.481 e. The number of aliphatic carboxylic acids is 1. The molecule has 19 heavy (non-hydrogen) atoms. The number of carboxylic acid groups (broad SMARTS) is 1. The van der Waals surface area contributed by atoms with Crippen LogP contribution in [0, 0.1) is 0 Å². The van der Waals surface area contributed by atoms with Crippen molar-refractivity contribution in [1.29, 1.82) is 0 Å². The largest absolute Gasteiger partial charge is 0.481 e. The molecule has 0 atom stereocenters. The second-order valence-electron chi connectivity index (χ2n) is 4.90. The van der Waals surface area contributed by atoms with Crippen LogP contribution in [0.1, 0.15) is 24.0 Å². The molecule has 1 aliphatic heterocycles. The van der Waals surface area contributed by atoms with Crippen molar-refractivity contribution in [3.8, 4) is 0 Å². The number of morpholine rings is 1. The predicted octanol–water partition coefficient (Wildman–Crippen LogP) is 1.93. The lowest BCUT2D eigenvalue weighted by atomic mass is 10.0. The fourth-order valence-electron chi connectivity index (χ4n) is 2.39. The van der Waals surface area contributed by atoms with Gasteiger partial charge in [0.15, 0.2) is 0 Å². The third-order valence-electron chi connectivity index (χ3n) is 3.45. The molecular weight excluding hydrogens is 242 g/mol. The van der Waals surface area contributed by atoms with E-state index in [1.165, 1.54) is 11.1 Å². The van der Waals surface area contributed by atoms with Crippen LogP contribution in [-0.2, 0) is 22.5 Å². The number of aryl methyl sites for hydroxylation is 1. The van der Waals surface area contributed by atoms with E-state index in [2.05, 4.69) is 23.1 Å². The van der Waals surface area contributed by atoms with Crippen molar-refractivity contribution in [2.24, 2.45) is 0 Å². The van der Waals surface area contributed by atoms with Gasteiger partial charge in [0.25, 0.3) is 0 Å². The van der Waals surface area contributed by atoms with Crippen LogP contribution >= 0.6 is 0 Å². The molecule has 0 spiro atoms. The number of rotatable bonds is 6. The highest BCUT2D eigenvalue weighted by atomic mass is 16.5. The first kappa shape index (κ1) is 14.0. The van der Waals surface area contributed by atoms with Gasteiger partial charge in [-0.15, -0.1) is 0 Å². The number of hydrogen-bond acceptors (Lipinski definition) is 3. The molecule has 1 heterocycles. The van der Waals surface area contributed by atoms with E-state index in [0.717, 1.165) is 39.3 Å². The van der Waals surface area contributed by atoms with Crippen molar-refractivity contribution in [3.63, 3.8) is 0 Å². The second kappa shape index (κ2) is 7.26. The standard InChI is InChI=1S/C15H21NO3/c17-15(18)7-3-6-13-4-1-2-5-14(13)12-16-8-10-19-11-9-16/h1-2,4-5H,3,6-12H2,(H,17,18). The molecule has 2 rings (SSSR count). The van der Waals surface area contributed by atoms with Gasteiger partial charge in [0.1, 0.15) is 0 Å². The first-order chi connectivity index (χ1) is 9.25. The van der Waals surface area contributed by atoms with E-state index < -0.39 is 5.97 Å². The van der Waals surface area contributed by atoms with E-state index in [1.807, 2.05) is 6.07 Å². The van der Waals surface area contributed by atoms with Crippen molar-refractivity contribution >= 4 is 5.97 Å². The Labute approximate surface area is 114 Å². The summed E-state index contributed by atoms with van der Waals surface area (Å²) < 4.78 is 5.35. The van der Waals surface area contributed by atoms with Crippen LogP contribution in [0.3, 0.4) is 0 Å². The molecule has 1 N–H and O–H groups in total. The van der Waals surface area contributed by atoms with Crippen LogP contribution in [0.15, 0.2) is 24.3 Å². The lowest BCUT2D eigenvalue weighted by Gasteiger charge is -2.27. The van der Waals surface area contributed by atoms with Crippen LogP contribution in [-0.4, -0.2) is 42.3 Å². The number of nitrogens with zero attached hydrogens (tertiary/aromatic N) is 1. The Kier molecular flexibility index (Phi) is 5.36. The van der Waals surface area contributed by atoms with E-state index in [4.69, 9.17) is 9.84 Å². The van der Waals surface area contributed by atoms with Gasteiger partial charge in [0.05, 0.1) is 13.2 Å². The minimum atomic E-state index is -0.717. The van der Waals surface area contributed by atoms with Crippen LogP contribution in [0.2, 0.25) is 0 Å². The zero-order valence-corrected chi connectivity index (χ0v) is 11.2. The molecule has 1 aromatic carbocycles. The molecule has 0 amide bonds. The van der Waals surface area contributed by atoms with Crippen molar-refractivity contribution in [2.75, 3.05) is 26.3 Å². The van der Waals surface area contributed by atoms with Gasteiger partial charge in [0, 0.05) is 26.1 Å². The highest BCUT2D eigenvalue weighted by Gasteiger charge is 2.12. The van der Waals surface area contributed by atoms with Crippen molar-refractivity contribution in [1.82, 2.24) is 4.90 Å². The first-order valence-corrected chi connectivity index (χ1v) is 6.84. The summed E-state index contributed by atoms with van der Waals surface area (Å²) in [5, 5.41) is 8.70. The summed E-state index contributed by atoms with van der Waals surface area (Å²) in [5.41, 5.74) is 2.59. The van der Waals surface area contributed by atoms with Crippen LogP contribution in [0.4, 0.5) is 0 Å². The van der Waals surface area contributed by atoms with Gasteiger partial charge < -0.3 is 9.84 Å². The van der Waals surface area contributed by atoms with E-state index >= 15 is 0 Å². The van der Waals surface area contributed by atoms with Gasteiger partial charge in [0.2, 0.25) is 0 Å². The molecular formula is C15H21NO3. The SMILES string of the molecule is O=C(O)CCCc1ccccc1CN1CCOCC1.